The van der Waals surface area contributed by atoms with Crippen LogP contribution in [0.1, 0.15) is 26.3 Å². The van der Waals surface area contributed by atoms with E-state index in [-0.39, 0.29) is 11.7 Å². The number of carbonyl (C=O) groups is 1. The third-order valence-electron chi connectivity index (χ3n) is 2.07. The SMILES string of the molecule is CN(Cc1c[nH]c(=O)cc1I)C(=O)OC(C)(C)C. The summed E-state index contributed by atoms with van der Waals surface area (Å²) in [5, 5.41) is 0. The maximum absolute atomic E-state index is 11.8. The molecule has 1 aromatic rings. The van der Waals surface area contributed by atoms with Crippen molar-refractivity contribution in [2.24, 2.45) is 0 Å². The summed E-state index contributed by atoms with van der Waals surface area (Å²) in [4.78, 5) is 26.9. The summed E-state index contributed by atoms with van der Waals surface area (Å²) < 4.78 is 6.07. The predicted octanol–water partition coefficient (Wildman–Crippen LogP) is 2.35. The number of carbonyl (C=O) groups excluding carboxylic acids is 1. The zero-order valence-electron chi connectivity index (χ0n) is 10.9. The summed E-state index contributed by atoms with van der Waals surface area (Å²) in [6, 6.07) is 1.50. The number of hydrogen-bond acceptors (Lipinski definition) is 3. The first kappa shape index (κ1) is 15.0. The second kappa shape index (κ2) is 5.73. The molecule has 0 atom stereocenters. The number of halogens is 1. The molecule has 0 aliphatic carbocycles. The van der Waals surface area contributed by atoms with E-state index in [1.807, 2.05) is 20.8 Å². The van der Waals surface area contributed by atoms with Crippen LogP contribution >= 0.6 is 22.6 Å². The van der Waals surface area contributed by atoms with Crippen LogP contribution in [0.4, 0.5) is 4.79 Å². The van der Waals surface area contributed by atoms with Gasteiger partial charge in [-0.05, 0) is 43.4 Å². The zero-order chi connectivity index (χ0) is 13.9. The normalized spacial score (nSPS) is 11.2. The Bertz CT molecular complexity index is 491. The average molecular weight is 364 g/mol. The van der Waals surface area contributed by atoms with Gasteiger partial charge in [-0.3, -0.25) is 4.79 Å². The molecule has 1 aromatic heterocycles. The Kier molecular flexibility index (Phi) is 4.78. The molecule has 0 saturated heterocycles. The Labute approximate surface area is 120 Å². The second-order valence-electron chi connectivity index (χ2n) is 5.01. The first-order valence-electron chi connectivity index (χ1n) is 5.50. The van der Waals surface area contributed by atoms with Crippen LogP contribution in [0.5, 0.6) is 0 Å². The first-order valence-corrected chi connectivity index (χ1v) is 6.58. The highest BCUT2D eigenvalue weighted by molar-refractivity contribution is 14.1. The monoisotopic (exact) mass is 364 g/mol. The van der Waals surface area contributed by atoms with Crippen molar-refractivity contribution in [3.63, 3.8) is 0 Å². The quantitative estimate of drug-likeness (QED) is 0.820. The van der Waals surface area contributed by atoms with E-state index in [1.165, 1.54) is 11.0 Å². The number of aromatic nitrogens is 1. The topological polar surface area (TPSA) is 62.4 Å². The number of rotatable bonds is 2. The lowest BCUT2D eigenvalue weighted by Crippen LogP contribution is -2.34. The fourth-order valence-electron chi connectivity index (χ4n) is 1.26. The van der Waals surface area contributed by atoms with Gasteiger partial charge in [0.1, 0.15) is 5.60 Å². The molecule has 0 fully saturated rings. The highest BCUT2D eigenvalue weighted by Gasteiger charge is 2.20. The number of ether oxygens (including phenoxy) is 1. The lowest BCUT2D eigenvalue weighted by Gasteiger charge is -2.24. The first-order chi connectivity index (χ1) is 8.19. The molecule has 0 aliphatic heterocycles. The minimum absolute atomic E-state index is 0.150. The van der Waals surface area contributed by atoms with E-state index >= 15 is 0 Å². The summed E-state index contributed by atoms with van der Waals surface area (Å²) >= 11 is 2.07. The van der Waals surface area contributed by atoms with Crippen LogP contribution in [0, 0.1) is 3.57 Å². The molecule has 0 aliphatic rings. The molecule has 0 saturated carbocycles. The van der Waals surface area contributed by atoms with Crippen molar-refractivity contribution in [2.75, 3.05) is 7.05 Å². The van der Waals surface area contributed by atoms with Crippen LogP contribution in [0.3, 0.4) is 0 Å². The summed E-state index contributed by atoms with van der Waals surface area (Å²) in [6.07, 6.45) is 1.23. The van der Waals surface area contributed by atoms with Gasteiger partial charge in [0, 0.05) is 28.4 Å². The third-order valence-corrected chi connectivity index (χ3v) is 3.07. The zero-order valence-corrected chi connectivity index (χ0v) is 13.1. The Hall–Kier alpha value is -1.05. The van der Waals surface area contributed by atoms with Crippen molar-refractivity contribution in [1.82, 2.24) is 9.88 Å². The molecule has 1 amide bonds. The summed E-state index contributed by atoms with van der Waals surface area (Å²) in [5.74, 6) is 0. The molecule has 5 nitrogen and oxygen atoms in total. The molecule has 1 heterocycles. The third kappa shape index (κ3) is 4.67. The van der Waals surface area contributed by atoms with E-state index in [1.54, 1.807) is 13.2 Å². The largest absolute Gasteiger partial charge is 0.444 e. The highest BCUT2D eigenvalue weighted by Crippen LogP contribution is 2.13. The number of nitrogens with zero attached hydrogens (tertiary/aromatic N) is 1. The van der Waals surface area contributed by atoms with Gasteiger partial charge in [0.2, 0.25) is 5.56 Å². The maximum atomic E-state index is 11.8. The van der Waals surface area contributed by atoms with Crippen molar-refractivity contribution in [2.45, 2.75) is 32.9 Å². The number of amides is 1. The fourth-order valence-corrected chi connectivity index (χ4v) is 1.87. The summed E-state index contributed by atoms with van der Waals surface area (Å²) in [6.45, 7) is 5.86. The van der Waals surface area contributed by atoms with Crippen molar-refractivity contribution >= 4 is 28.7 Å². The van der Waals surface area contributed by atoms with Gasteiger partial charge in [0.25, 0.3) is 0 Å². The van der Waals surface area contributed by atoms with E-state index in [4.69, 9.17) is 4.74 Å². The van der Waals surface area contributed by atoms with Gasteiger partial charge in [-0.25, -0.2) is 4.79 Å². The Morgan fingerprint density at radius 2 is 2.11 bits per heavy atom. The smallest absolute Gasteiger partial charge is 0.410 e. The maximum Gasteiger partial charge on any atom is 0.410 e. The summed E-state index contributed by atoms with van der Waals surface area (Å²) in [7, 11) is 1.66. The van der Waals surface area contributed by atoms with Crippen LogP contribution in [-0.4, -0.2) is 28.6 Å². The molecular weight excluding hydrogens is 347 g/mol. The second-order valence-corrected chi connectivity index (χ2v) is 6.17. The minimum atomic E-state index is -0.510. The van der Waals surface area contributed by atoms with E-state index in [0.29, 0.717) is 6.54 Å². The Morgan fingerprint density at radius 3 is 2.61 bits per heavy atom. The van der Waals surface area contributed by atoms with E-state index < -0.39 is 5.60 Å². The molecule has 6 heteroatoms. The Balaban J connectivity index is 2.72. The lowest BCUT2D eigenvalue weighted by molar-refractivity contribution is 0.0284. The molecule has 0 bridgehead atoms. The van der Waals surface area contributed by atoms with Crippen molar-refractivity contribution < 1.29 is 9.53 Å². The standard InChI is InChI=1S/C12H17IN2O3/c1-12(2,3)18-11(17)15(4)7-8-6-14-10(16)5-9(8)13/h5-6H,7H2,1-4H3,(H,14,16). The molecule has 0 aromatic carbocycles. The van der Waals surface area contributed by atoms with Gasteiger partial charge < -0.3 is 14.6 Å². The van der Waals surface area contributed by atoms with Crippen LogP contribution in [0.15, 0.2) is 17.1 Å². The Morgan fingerprint density at radius 1 is 1.50 bits per heavy atom. The van der Waals surface area contributed by atoms with Gasteiger partial charge in [0.05, 0.1) is 6.54 Å². The van der Waals surface area contributed by atoms with E-state index in [2.05, 4.69) is 27.6 Å². The van der Waals surface area contributed by atoms with Gasteiger partial charge in [-0.2, -0.15) is 0 Å². The van der Waals surface area contributed by atoms with Crippen molar-refractivity contribution in [3.8, 4) is 0 Å². The van der Waals surface area contributed by atoms with Crippen LogP contribution < -0.4 is 5.56 Å². The molecule has 1 N–H and O–H groups in total. The summed E-state index contributed by atoms with van der Waals surface area (Å²) in [5.41, 5.74) is 0.218. The molecule has 0 unspecified atom stereocenters. The number of pyridine rings is 1. The highest BCUT2D eigenvalue weighted by atomic mass is 127. The van der Waals surface area contributed by atoms with Crippen LogP contribution in [0.2, 0.25) is 0 Å². The van der Waals surface area contributed by atoms with Crippen LogP contribution in [-0.2, 0) is 11.3 Å². The van der Waals surface area contributed by atoms with Gasteiger partial charge >= 0.3 is 6.09 Å². The predicted molar refractivity (Wildman–Crippen MR) is 77.5 cm³/mol. The molecule has 0 radical (unpaired) electrons. The van der Waals surface area contributed by atoms with Crippen molar-refractivity contribution in [1.29, 1.82) is 0 Å². The average Bonchev–Trinajstić information content (AvgIpc) is 2.19. The molecular formula is C12H17IN2O3. The van der Waals surface area contributed by atoms with Crippen LogP contribution in [0.25, 0.3) is 0 Å². The van der Waals surface area contributed by atoms with E-state index in [0.717, 1.165) is 9.13 Å². The van der Waals surface area contributed by atoms with Crippen molar-refractivity contribution in [3.05, 3.63) is 31.8 Å². The number of H-pyrrole nitrogens is 1. The lowest BCUT2D eigenvalue weighted by atomic mass is 10.2. The number of aromatic amines is 1. The molecule has 0 spiro atoms. The minimum Gasteiger partial charge on any atom is -0.444 e. The number of hydrogen-bond donors (Lipinski definition) is 1. The van der Waals surface area contributed by atoms with Gasteiger partial charge in [-0.15, -0.1) is 0 Å². The molecule has 1 rings (SSSR count). The number of nitrogens with one attached hydrogen (secondary N) is 1. The molecule has 18 heavy (non-hydrogen) atoms. The van der Waals surface area contributed by atoms with Gasteiger partial charge in [-0.1, -0.05) is 0 Å². The van der Waals surface area contributed by atoms with E-state index in [9.17, 15) is 9.59 Å². The molecule has 100 valence electrons. The fraction of sp³-hybridized carbons (Fsp3) is 0.500. The van der Waals surface area contributed by atoms with Gasteiger partial charge in [0.15, 0.2) is 0 Å².